The summed E-state index contributed by atoms with van der Waals surface area (Å²) in [6.07, 6.45) is 4.20. The Kier molecular flexibility index (Phi) is 4.45. The number of H-pyrrole nitrogens is 1. The summed E-state index contributed by atoms with van der Waals surface area (Å²) in [5.74, 6) is 0.663. The van der Waals surface area contributed by atoms with E-state index in [0.29, 0.717) is 24.6 Å². The van der Waals surface area contributed by atoms with Gasteiger partial charge in [-0.25, -0.2) is 0 Å². The highest BCUT2D eigenvalue weighted by Crippen LogP contribution is 2.39. The second-order valence-electron chi connectivity index (χ2n) is 7.67. The van der Waals surface area contributed by atoms with Gasteiger partial charge in [0.15, 0.2) is 0 Å². The van der Waals surface area contributed by atoms with Crippen LogP contribution in [0.1, 0.15) is 34.9 Å². The van der Waals surface area contributed by atoms with Gasteiger partial charge in [0, 0.05) is 18.3 Å². The van der Waals surface area contributed by atoms with Crippen molar-refractivity contribution in [2.24, 2.45) is 5.92 Å². The Labute approximate surface area is 164 Å². The highest BCUT2D eigenvalue weighted by Gasteiger charge is 2.40. The number of rotatable bonds is 4. The molecule has 2 fully saturated rings. The fourth-order valence-corrected chi connectivity index (χ4v) is 3.93. The van der Waals surface area contributed by atoms with E-state index in [4.69, 9.17) is 4.74 Å². The lowest BCUT2D eigenvalue weighted by atomic mass is 10.0. The summed E-state index contributed by atoms with van der Waals surface area (Å²) in [5.41, 5.74) is 3.82. The van der Waals surface area contributed by atoms with Gasteiger partial charge in [-0.05, 0) is 48.1 Å². The van der Waals surface area contributed by atoms with Crippen molar-refractivity contribution in [3.05, 3.63) is 78.0 Å². The number of aromatic nitrogens is 2. The van der Waals surface area contributed by atoms with Gasteiger partial charge in [0.05, 0.1) is 18.3 Å². The number of hydrogen-bond donors (Lipinski definition) is 1. The summed E-state index contributed by atoms with van der Waals surface area (Å²) in [5, 5.41) is 6.94. The fraction of sp³-hybridized carbons (Fsp3) is 0.304. The molecule has 1 saturated carbocycles. The molecule has 1 N–H and O–H groups in total. The number of carbonyl (C=O) groups is 1. The minimum Gasteiger partial charge on any atom is -0.366 e. The van der Waals surface area contributed by atoms with E-state index in [0.717, 1.165) is 16.8 Å². The first-order valence-electron chi connectivity index (χ1n) is 9.87. The normalized spacial score (nSPS) is 22.2. The predicted octanol–water partition coefficient (Wildman–Crippen LogP) is 4.07. The van der Waals surface area contributed by atoms with E-state index in [1.165, 1.54) is 12.8 Å². The summed E-state index contributed by atoms with van der Waals surface area (Å²) in [6.45, 7) is 1.27. The van der Waals surface area contributed by atoms with Crippen LogP contribution < -0.4 is 0 Å². The highest BCUT2D eigenvalue weighted by molar-refractivity contribution is 5.94. The molecule has 5 rings (SSSR count). The molecule has 1 aliphatic heterocycles. The van der Waals surface area contributed by atoms with Crippen molar-refractivity contribution in [3.63, 3.8) is 0 Å². The number of morpholine rings is 1. The topological polar surface area (TPSA) is 58.2 Å². The SMILES string of the molecule is O=C(c1ccc(-c2ccn[nH]2)cc1)N1C[C@@H](c2ccccc2)O[C@@H](C2CC2)C1. The molecule has 2 aliphatic rings. The molecule has 0 spiro atoms. The zero-order chi connectivity index (χ0) is 18.9. The van der Waals surface area contributed by atoms with Gasteiger partial charge in [-0.15, -0.1) is 0 Å². The molecule has 0 radical (unpaired) electrons. The Morgan fingerprint density at radius 2 is 1.79 bits per heavy atom. The molecule has 0 unspecified atom stereocenters. The quantitative estimate of drug-likeness (QED) is 0.750. The van der Waals surface area contributed by atoms with Crippen LogP contribution in [0.15, 0.2) is 66.9 Å². The van der Waals surface area contributed by atoms with Crippen LogP contribution in [0.25, 0.3) is 11.3 Å². The second-order valence-corrected chi connectivity index (χ2v) is 7.67. The maximum atomic E-state index is 13.2. The van der Waals surface area contributed by atoms with Crippen LogP contribution in [-0.4, -0.2) is 40.2 Å². The second kappa shape index (κ2) is 7.24. The Balaban J connectivity index is 1.36. The van der Waals surface area contributed by atoms with Crippen LogP contribution in [0.4, 0.5) is 0 Å². The van der Waals surface area contributed by atoms with E-state index in [1.807, 2.05) is 53.4 Å². The van der Waals surface area contributed by atoms with Crippen molar-refractivity contribution in [2.45, 2.75) is 25.0 Å². The number of amides is 1. The van der Waals surface area contributed by atoms with Crippen LogP contribution in [0.5, 0.6) is 0 Å². The van der Waals surface area contributed by atoms with Crippen LogP contribution in [0.3, 0.4) is 0 Å². The maximum Gasteiger partial charge on any atom is 0.254 e. The molecule has 1 aliphatic carbocycles. The molecule has 2 heterocycles. The Hall–Kier alpha value is -2.92. The summed E-state index contributed by atoms with van der Waals surface area (Å²) in [6, 6.07) is 19.9. The van der Waals surface area contributed by atoms with Crippen molar-refractivity contribution in [1.82, 2.24) is 15.1 Å². The largest absolute Gasteiger partial charge is 0.366 e. The van der Waals surface area contributed by atoms with E-state index < -0.39 is 0 Å². The number of nitrogens with zero attached hydrogens (tertiary/aromatic N) is 2. The van der Waals surface area contributed by atoms with Crippen molar-refractivity contribution in [1.29, 1.82) is 0 Å². The smallest absolute Gasteiger partial charge is 0.254 e. The molecule has 5 nitrogen and oxygen atoms in total. The standard InChI is InChI=1S/C23H23N3O2/c27-23(19-10-6-16(7-11-19)20-12-13-24-25-20)26-14-21(17-4-2-1-3-5-17)28-22(15-26)18-8-9-18/h1-7,10-13,18,21-22H,8-9,14-15H2,(H,24,25)/t21-,22+/m0/s1. The zero-order valence-corrected chi connectivity index (χ0v) is 15.6. The molecular weight excluding hydrogens is 350 g/mol. The van der Waals surface area contributed by atoms with Crippen LogP contribution in [0.2, 0.25) is 0 Å². The monoisotopic (exact) mass is 373 g/mol. The molecular formula is C23H23N3O2. The molecule has 2 atom stereocenters. The van der Waals surface area contributed by atoms with Crippen molar-refractivity contribution in [2.75, 3.05) is 13.1 Å². The first kappa shape index (κ1) is 17.2. The van der Waals surface area contributed by atoms with Gasteiger partial charge in [0.2, 0.25) is 0 Å². The molecule has 1 amide bonds. The molecule has 1 aromatic heterocycles. The van der Waals surface area contributed by atoms with Crippen molar-refractivity contribution >= 4 is 5.91 Å². The fourth-order valence-electron chi connectivity index (χ4n) is 3.93. The number of carbonyl (C=O) groups excluding carboxylic acids is 1. The summed E-state index contributed by atoms with van der Waals surface area (Å²) < 4.78 is 6.38. The van der Waals surface area contributed by atoms with Gasteiger partial charge in [0.1, 0.15) is 6.10 Å². The summed E-state index contributed by atoms with van der Waals surface area (Å²) in [4.78, 5) is 15.2. The summed E-state index contributed by atoms with van der Waals surface area (Å²) in [7, 11) is 0. The van der Waals surface area contributed by atoms with Gasteiger partial charge in [0.25, 0.3) is 5.91 Å². The zero-order valence-electron chi connectivity index (χ0n) is 15.6. The van der Waals surface area contributed by atoms with Gasteiger partial charge in [-0.3, -0.25) is 9.89 Å². The lowest BCUT2D eigenvalue weighted by Gasteiger charge is -2.38. The van der Waals surface area contributed by atoms with Crippen LogP contribution in [-0.2, 0) is 4.74 Å². The van der Waals surface area contributed by atoms with E-state index in [1.54, 1.807) is 6.20 Å². The third kappa shape index (κ3) is 3.45. The maximum absolute atomic E-state index is 13.2. The lowest BCUT2D eigenvalue weighted by molar-refractivity contribution is -0.0864. The van der Waals surface area contributed by atoms with Gasteiger partial charge >= 0.3 is 0 Å². The lowest BCUT2D eigenvalue weighted by Crippen LogP contribution is -2.47. The highest BCUT2D eigenvalue weighted by atomic mass is 16.5. The van der Waals surface area contributed by atoms with Crippen molar-refractivity contribution in [3.8, 4) is 11.3 Å². The van der Waals surface area contributed by atoms with Gasteiger partial charge in [-0.1, -0.05) is 42.5 Å². The minimum absolute atomic E-state index is 0.0613. The van der Waals surface area contributed by atoms with Crippen LogP contribution in [0, 0.1) is 5.92 Å². The summed E-state index contributed by atoms with van der Waals surface area (Å²) >= 11 is 0. The van der Waals surface area contributed by atoms with Gasteiger partial charge in [-0.2, -0.15) is 5.10 Å². The Morgan fingerprint density at radius 1 is 1.00 bits per heavy atom. The Morgan fingerprint density at radius 3 is 2.46 bits per heavy atom. The molecule has 1 saturated heterocycles. The van der Waals surface area contributed by atoms with Crippen LogP contribution >= 0.6 is 0 Å². The number of hydrogen-bond acceptors (Lipinski definition) is 3. The number of aromatic amines is 1. The molecule has 142 valence electrons. The molecule has 28 heavy (non-hydrogen) atoms. The number of ether oxygens (including phenoxy) is 1. The first-order chi connectivity index (χ1) is 13.8. The minimum atomic E-state index is -0.0613. The van der Waals surface area contributed by atoms with E-state index in [-0.39, 0.29) is 18.1 Å². The van der Waals surface area contributed by atoms with E-state index in [2.05, 4.69) is 22.3 Å². The first-order valence-corrected chi connectivity index (χ1v) is 9.87. The third-order valence-electron chi connectivity index (χ3n) is 5.68. The average Bonchev–Trinajstić information content (AvgIpc) is 3.48. The Bertz CT molecular complexity index is 934. The molecule has 2 aromatic carbocycles. The molecule has 0 bridgehead atoms. The third-order valence-corrected chi connectivity index (χ3v) is 5.68. The average molecular weight is 373 g/mol. The van der Waals surface area contributed by atoms with E-state index >= 15 is 0 Å². The predicted molar refractivity (Wildman–Crippen MR) is 107 cm³/mol. The molecule has 3 aromatic rings. The van der Waals surface area contributed by atoms with E-state index in [9.17, 15) is 4.79 Å². The number of nitrogens with one attached hydrogen (secondary N) is 1. The van der Waals surface area contributed by atoms with Gasteiger partial charge < -0.3 is 9.64 Å². The number of benzene rings is 2. The molecule has 5 heteroatoms. The van der Waals surface area contributed by atoms with Crippen molar-refractivity contribution < 1.29 is 9.53 Å².